The minimum Gasteiger partial charge on any atom is -0.497 e. The van der Waals surface area contributed by atoms with Crippen LogP contribution in [0.4, 0.5) is 0 Å². The predicted octanol–water partition coefficient (Wildman–Crippen LogP) is 3.65. The van der Waals surface area contributed by atoms with Crippen molar-refractivity contribution in [2.75, 3.05) is 7.11 Å². The Morgan fingerprint density at radius 2 is 2.00 bits per heavy atom. The van der Waals surface area contributed by atoms with Gasteiger partial charge in [-0.3, -0.25) is 0 Å². The summed E-state index contributed by atoms with van der Waals surface area (Å²) in [6.45, 7) is 0. The van der Waals surface area contributed by atoms with Crippen LogP contribution < -0.4 is 4.74 Å². The number of halogens is 1. The molecule has 0 aromatic heterocycles. The van der Waals surface area contributed by atoms with Gasteiger partial charge in [-0.25, -0.2) is 0 Å². The van der Waals surface area contributed by atoms with Gasteiger partial charge in [0.1, 0.15) is 17.5 Å². The zero-order valence-electron chi connectivity index (χ0n) is 10.7. The van der Waals surface area contributed by atoms with Gasteiger partial charge in [0.15, 0.2) is 0 Å². The van der Waals surface area contributed by atoms with Crippen LogP contribution in [0.1, 0.15) is 5.56 Å². The van der Waals surface area contributed by atoms with E-state index < -0.39 is 0 Å². The number of nitrogens with zero attached hydrogens (tertiary/aromatic N) is 2. The van der Waals surface area contributed by atoms with Gasteiger partial charge in [0.25, 0.3) is 0 Å². The highest BCUT2D eigenvalue weighted by Gasteiger charge is 2.12. The number of oxime groups is 1. The third-order valence-electron chi connectivity index (χ3n) is 2.83. The van der Waals surface area contributed by atoms with Crippen molar-refractivity contribution < 1.29 is 9.94 Å². The largest absolute Gasteiger partial charge is 0.497 e. The van der Waals surface area contributed by atoms with E-state index in [9.17, 15) is 5.26 Å². The first kappa shape index (κ1) is 14.1. The third kappa shape index (κ3) is 2.81. The molecule has 5 heteroatoms. The van der Waals surface area contributed by atoms with Gasteiger partial charge >= 0.3 is 0 Å². The lowest BCUT2D eigenvalue weighted by Gasteiger charge is -2.09. The highest BCUT2D eigenvalue weighted by molar-refractivity contribution is 9.12. The molecule has 0 radical (unpaired) electrons. The maximum Gasteiger partial charge on any atom is 0.118 e. The van der Waals surface area contributed by atoms with Crippen molar-refractivity contribution in [3.63, 3.8) is 0 Å². The highest BCUT2D eigenvalue weighted by Crippen LogP contribution is 2.27. The predicted molar refractivity (Wildman–Crippen MR) is 80.9 cm³/mol. The number of hydrogen-bond donors (Lipinski definition) is 1. The van der Waals surface area contributed by atoms with E-state index in [-0.39, 0.29) is 0 Å². The van der Waals surface area contributed by atoms with Crippen LogP contribution in [0.5, 0.6) is 5.75 Å². The molecule has 4 nitrogen and oxygen atoms in total. The van der Waals surface area contributed by atoms with Crippen molar-refractivity contribution in [1.82, 2.24) is 0 Å². The van der Waals surface area contributed by atoms with E-state index in [1.54, 1.807) is 37.5 Å². The van der Waals surface area contributed by atoms with Gasteiger partial charge in [0.05, 0.1) is 12.7 Å². The first-order chi connectivity index (χ1) is 9.69. The first-order valence-electron chi connectivity index (χ1n) is 5.76. The second-order valence-electron chi connectivity index (χ2n) is 3.98. The van der Waals surface area contributed by atoms with Crippen molar-refractivity contribution >= 4 is 27.2 Å². The topological polar surface area (TPSA) is 65.6 Å². The van der Waals surface area contributed by atoms with Crippen LogP contribution in [0.2, 0.25) is 0 Å². The monoisotopic (exact) mass is 330 g/mol. The molecule has 0 spiro atoms. The maximum absolute atomic E-state index is 9.37. The van der Waals surface area contributed by atoms with Gasteiger partial charge in [0, 0.05) is 4.48 Å². The molecule has 0 saturated carbocycles. The maximum atomic E-state index is 9.37. The standard InChI is InChI=1S/C15H11BrN2O2/c1-20-12-5-2-10(3-6-12)13(9-17)11-4-7-15(18-19)14(16)8-11/h2-8,19H,1H3/b13-11+,18-15-. The highest BCUT2D eigenvalue weighted by atomic mass is 79.9. The number of nitriles is 1. The number of hydrogen-bond acceptors (Lipinski definition) is 4. The lowest BCUT2D eigenvalue weighted by Crippen LogP contribution is -2.00. The van der Waals surface area contributed by atoms with Crippen molar-refractivity contribution in [2.45, 2.75) is 0 Å². The molecule has 0 heterocycles. The van der Waals surface area contributed by atoms with E-state index >= 15 is 0 Å². The van der Waals surface area contributed by atoms with E-state index in [0.29, 0.717) is 15.8 Å². The Morgan fingerprint density at radius 1 is 1.30 bits per heavy atom. The lowest BCUT2D eigenvalue weighted by atomic mass is 9.97. The van der Waals surface area contributed by atoms with E-state index in [0.717, 1.165) is 16.9 Å². The van der Waals surface area contributed by atoms with Crippen LogP contribution in [-0.4, -0.2) is 18.0 Å². The van der Waals surface area contributed by atoms with Crippen LogP contribution in [0.25, 0.3) is 5.57 Å². The Morgan fingerprint density at radius 3 is 2.50 bits per heavy atom. The molecule has 2 rings (SSSR count). The Labute approximate surface area is 125 Å². The fourth-order valence-corrected chi connectivity index (χ4v) is 2.26. The summed E-state index contributed by atoms with van der Waals surface area (Å²) in [5.74, 6) is 0.738. The summed E-state index contributed by atoms with van der Waals surface area (Å²) in [4.78, 5) is 0. The molecule has 0 unspecified atom stereocenters. The molecular weight excluding hydrogens is 320 g/mol. The van der Waals surface area contributed by atoms with Crippen LogP contribution in [0.15, 0.2) is 57.7 Å². The van der Waals surface area contributed by atoms with Crippen LogP contribution in [0.3, 0.4) is 0 Å². The van der Waals surface area contributed by atoms with E-state index in [4.69, 9.17) is 9.94 Å². The summed E-state index contributed by atoms with van der Waals surface area (Å²) < 4.78 is 5.72. The molecular formula is C15H11BrN2O2. The average Bonchev–Trinajstić information content (AvgIpc) is 2.49. The molecule has 0 amide bonds. The Bertz CT molecular complexity index is 677. The SMILES string of the molecule is COc1ccc(/C(C#N)=C2C=C/C(=N/O)C(Br)=C\2)cc1. The molecule has 100 valence electrons. The van der Waals surface area contributed by atoms with Gasteiger partial charge in [-0.05, 0) is 63.5 Å². The van der Waals surface area contributed by atoms with Crippen molar-refractivity contribution in [3.05, 3.63) is 58.1 Å². The zero-order valence-corrected chi connectivity index (χ0v) is 12.3. The van der Waals surface area contributed by atoms with E-state index in [1.165, 1.54) is 0 Å². The molecule has 0 aliphatic heterocycles. The molecule has 0 atom stereocenters. The second-order valence-corrected chi connectivity index (χ2v) is 4.84. The number of benzene rings is 1. The smallest absolute Gasteiger partial charge is 0.118 e. The van der Waals surface area contributed by atoms with E-state index in [2.05, 4.69) is 27.2 Å². The fraction of sp³-hybridized carbons (Fsp3) is 0.0667. The summed E-state index contributed by atoms with van der Waals surface area (Å²) in [5, 5.41) is 21.3. The van der Waals surface area contributed by atoms with Gasteiger partial charge in [0.2, 0.25) is 0 Å². The summed E-state index contributed by atoms with van der Waals surface area (Å²) in [6.07, 6.45) is 5.13. The Kier molecular flexibility index (Phi) is 4.38. The number of ether oxygens (including phenoxy) is 1. The second kappa shape index (κ2) is 6.22. The Hall–Kier alpha value is -2.32. The lowest BCUT2D eigenvalue weighted by molar-refractivity contribution is 0.320. The van der Waals surface area contributed by atoms with Gasteiger partial charge < -0.3 is 9.94 Å². The minimum absolute atomic E-state index is 0.417. The number of methoxy groups -OCH3 is 1. The number of allylic oxidation sites excluding steroid dienone is 6. The van der Waals surface area contributed by atoms with Crippen molar-refractivity contribution in [1.29, 1.82) is 5.26 Å². The van der Waals surface area contributed by atoms with E-state index in [1.807, 2.05) is 12.1 Å². The molecule has 0 bridgehead atoms. The Balaban J connectivity index is 2.47. The van der Waals surface area contributed by atoms with Crippen molar-refractivity contribution in [2.24, 2.45) is 5.16 Å². The molecule has 1 N–H and O–H groups in total. The van der Waals surface area contributed by atoms with Gasteiger partial charge in [-0.15, -0.1) is 0 Å². The molecule has 1 aliphatic carbocycles. The molecule has 1 aromatic carbocycles. The number of rotatable bonds is 2. The van der Waals surface area contributed by atoms with Crippen LogP contribution in [-0.2, 0) is 0 Å². The zero-order chi connectivity index (χ0) is 14.5. The molecule has 0 saturated heterocycles. The minimum atomic E-state index is 0.417. The molecule has 1 aliphatic rings. The molecule has 20 heavy (non-hydrogen) atoms. The van der Waals surface area contributed by atoms with Crippen LogP contribution >= 0.6 is 15.9 Å². The quantitative estimate of drug-likeness (QED) is 0.511. The van der Waals surface area contributed by atoms with Gasteiger partial charge in [-0.1, -0.05) is 11.2 Å². The normalized spacial score (nSPS) is 18.4. The average molecular weight is 331 g/mol. The van der Waals surface area contributed by atoms with Crippen LogP contribution in [0, 0.1) is 11.3 Å². The molecule has 0 fully saturated rings. The fourth-order valence-electron chi connectivity index (χ4n) is 1.80. The summed E-state index contributed by atoms with van der Waals surface area (Å²) >= 11 is 3.30. The molecule has 1 aromatic rings. The first-order valence-corrected chi connectivity index (χ1v) is 6.55. The summed E-state index contributed by atoms with van der Waals surface area (Å²) in [5.41, 5.74) is 2.50. The third-order valence-corrected chi connectivity index (χ3v) is 3.47. The van der Waals surface area contributed by atoms with Crippen molar-refractivity contribution in [3.8, 4) is 11.8 Å². The summed E-state index contributed by atoms with van der Waals surface area (Å²) in [6, 6.07) is 9.47. The summed E-state index contributed by atoms with van der Waals surface area (Å²) in [7, 11) is 1.60. The van der Waals surface area contributed by atoms with Gasteiger partial charge in [-0.2, -0.15) is 5.26 Å².